The summed E-state index contributed by atoms with van der Waals surface area (Å²) in [6, 6.07) is 0. The van der Waals surface area contributed by atoms with Crippen LogP contribution in [0.15, 0.2) is 0 Å². The van der Waals surface area contributed by atoms with Crippen LogP contribution in [0.1, 0.15) is 90.9 Å². The Labute approximate surface area is 122 Å². The molecule has 0 spiro atoms. The molecule has 0 bridgehead atoms. The van der Waals surface area contributed by atoms with Gasteiger partial charge in [0.1, 0.15) is 0 Å². The highest BCUT2D eigenvalue weighted by molar-refractivity contribution is 4.72. The molecule has 1 heterocycles. The van der Waals surface area contributed by atoms with Crippen LogP contribution < -0.4 is 0 Å². The predicted molar refractivity (Wildman–Crippen MR) is 86.7 cm³/mol. The molecule has 0 radical (unpaired) electrons. The predicted octanol–water partition coefficient (Wildman–Crippen LogP) is 5.64. The van der Waals surface area contributed by atoms with Gasteiger partial charge in [-0.1, -0.05) is 71.6 Å². The molecule has 0 aliphatic carbocycles. The van der Waals surface area contributed by atoms with Crippen molar-refractivity contribution in [2.75, 3.05) is 19.6 Å². The largest absolute Gasteiger partial charge is 0.303 e. The first-order valence-electron chi connectivity index (χ1n) is 9.09. The summed E-state index contributed by atoms with van der Waals surface area (Å²) < 4.78 is 0. The molecule has 19 heavy (non-hydrogen) atoms. The van der Waals surface area contributed by atoms with Gasteiger partial charge < -0.3 is 4.90 Å². The lowest BCUT2D eigenvalue weighted by Gasteiger charge is -2.32. The molecular formula is C18H37N. The summed E-state index contributed by atoms with van der Waals surface area (Å²) >= 11 is 0. The van der Waals surface area contributed by atoms with Gasteiger partial charge in [0.25, 0.3) is 0 Å². The highest BCUT2D eigenvalue weighted by atomic mass is 15.1. The van der Waals surface area contributed by atoms with E-state index in [-0.39, 0.29) is 0 Å². The number of nitrogens with zero attached hydrogens (tertiary/aromatic N) is 1. The molecule has 1 heteroatoms. The number of hydrogen-bond donors (Lipinski definition) is 0. The molecule has 1 fully saturated rings. The van der Waals surface area contributed by atoms with E-state index in [1.54, 1.807) is 0 Å². The van der Waals surface area contributed by atoms with Crippen LogP contribution in [0.5, 0.6) is 0 Å². The third kappa shape index (κ3) is 8.68. The molecule has 0 N–H and O–H groups in total. The van der Waals surface area contributed by atoms with E-state index < -0.39 is 0 Å². The van der Waals surface area contributed by atoms with E-state index in [2.05, 4.69) is 18.7 Å². The van der Waals surface area contributed by atoms with Crippen molar-refractivity contribution in [3.63, 3.8) is 0 Å². The van der Waals surface area contributed by atoms with Crippen molar-refractivity contribution in [1.29, 1.82) is 0 Å². The molecule has 0 aromatic rings. The Kier molecular flexibility index (Phi) is 10.5. The van der Waals surface area contributed by atoms with Gasteiger partial charge in [0.05, 0.1) is 0 Å². The molecule has 1 aliphatic rings. The third-order valence-corrected chi connectivity index (χ3v) is 4.75. The molecule has 0 unspecified atom stereocenters. The van der Waals surface area contributed by atoms with Gasteiger partial charge in [-0.05, 0) is 44.8 Å². The number of piperidine rings is 1. The van der Waals surface area contributed by atoms with E-state index in [0.717, 1.165) is 5.92 Å². The zero-order valence-corrected chi connectivity index (χ0v) is 13.6. The van der Waals surface area contributed by atoms with Gasteiger partial charge in [0, 0.05) is 0 Å². The van der Waals surface area contributed by atoms with Gasteiger partial charge in [-0.2, -0.15) is 0 Å². The standard InChI is InChI=1S/C18H37N/c1-3-5-7-8-9-10-11-15-19-16-13-18(14-17-19)12-6-4-2/h18H,3-17H2,1-2H3. The summed E-state index contributed by atoms with van der Waals surface area (Å²) in [5.74, 6) is 1.05. The summed E-state index contributed by atoms with van der Waals surface area (Å²) in [5.41, 5.74) is 0. The average Bonchev–Trinajstić information content (AvgIpc) is 2.45. The zero-order chi connectivity index (χ0) is 13.8. The van der Waals surface area contributed by atoms with Crippen LogP contribution in [-0.4, -0.2) is 24.5 Å². The van der Waals surface area contributed by atoms with Crippen LogP contribution in [0.4, 0.5) is 0 Å². The maximum Gasteiger partial charge on any atom is -0.00161 e. The first-order chi connectivity index (χ1) is 9.36. The lowest BCUT2D eigenvalue weighted by atomic mass is 9.91. The number of unbranched alkanes of at least 4 members (excludes halogenated alkanes) is 7. The summed E-state index contributed by atoms with van der Waals surface area (Å²) in [6.07, 6.45) is 17.3. The summed E-state index contributed by atoms with van der Waals surface area (Å²) in [5, 5.41) is 0. The van der Waals surface area contributed by atoms with Gasteiger partial charge in [0.2, 0.25) is 0 Å². The van der Waals surface area contributed by atoms with E-state index in [4.69, 9.17) is 0 Å². The van der Waals surface area contributed by atoms with Gasteiger partial charge in [-0.25, -0.2) is 0 Å². The average molecular weight is 268 g/mol. The van der Waals surface area contributed by atoms with Gasteiger partial charge in [-0.3, -0.25) is 0 Å². The summed E-state index contributed by atoms with van der Waals surface area (Å²) in [7, 11) is 0. The first kappa shape index (κ1) is 17.0. The molecule has 0 amide bonds. The minimum Gasteiger partial charge on any atom is -0.303 e. The Balaban J connectivity index is 1.89. The monoisotopic (exact) mass is 267 g/mol. The molecule has 0 aromatic heterocycles. The number of hydrogen-bond acceptors (Lipinski definition) is 1. The molecule has 1 rings (SSSR count). The Bertz CT molecular complexity index is 182. The van der Waals surface area contributed by atoms with Crippen LogP contribution in [0.2, 0.25) is 0 Å². The van der Waals surface area contributed by atoms with E-state index in [0.29, 0.717) is 0 Å². The van der Waals surface area contributed by atoms with Crippen LogP contribution in [0.3, 0.4) is 0 Å². The number of likely N-dealkylation sites (tertiary alicyclic amines) is 1. The fourth-order valence-electron chi connectivity index (χ4n) is 3.28. The molecule has 1 saturated heterocycles. The maximum absolute atomic E-state index is 2.72. The van der Waals surface area contributed by atoms with Gasteiger partial charge >= 0.3 is 0 Å². The molecule has 0 atom stereocenters. The Morgan fingerprint density at radius 3 is 1.95 bits per heavy atom. The maximum atomic E-state index is 2.72. The summed E-state index contributed by atoms with van der Waals surface area (Å²) in [4.78, 5) is 2.72. The zero-order valence-electron chi connectivity index (χ0n) is 13.6. The minimum absolute atomic E-state index is 1.05. The van der Waals surface area contributed by atoms with E-state index >= 15 is 0 Å². The van der Waals surface area contributed by atoms with E-state index in [9.17, 15) is 0 Å². The van der Waals surface area contributed by atoms with Crippen LogP contribution in [0, 0.1) is 5.92 Å². The van der Waals surface area contributed by atoms with Crippen molar-refractivity contribution >= 4 is 0 Å². The normalized spacial score (nSPS) is 18.0. The third-order valence-electron chi connectivity index (χ3n) is 4.75. The van der Waals surface area contributed by atoms with Crippen LogP contribution in [0.25, 0.3) is 0 Å². The van der Waals surface area contributed by atoms with Gasteiger partial charge in [0.15, 0.2) is 0 Å². The number of rotatable bonds is 11. The van der Waals surface area contributed by atoms with Crippen LogP contribution >= 0.6 is 0 Å². The van der Waals surface area contributed by atoms with Crippen LogP contribution in [-0.2, 0) is 0 Å². The SMILES string of the molecule is CCCCCCCCCN1CCC(CCCC)CC1. The Morgan fingerprint density at radius 1 is 0.737 bits per heavy atom. The van der Waals surface area contributed by atoms with Crippen molar-refractivity contribution < 1.29 is 0 Å². The highest BCUT2D eigenvalue weighted by Crippen LogP contribution is 2.22. The van der Waals surface area contributed by atoms with Crippen molar-refractivity contribution in [3.8, 4) is 0 Å². The lowest BCUT2D eigenvalue weighted by molar-refractivity contribution is 0.174. The molecule has 0 saturated carbocycles. The second-order valence-corrected chi connectivity index (χ2v) is 6.55. The van der Waals surface area contributed by atoms with Crippen molar-refractivity contribution in [3.05, 3.63) is 0 Å². The van der Waals surface area contributed by atoms with E-state index in [1.165, 1.54) is 96.7 Å². The second kappa shape index (κ2) is 11.8. The first-order valence-corrected chi connectivity index (χ1v) is 9.09. The molecular weight excluding hydrogens is 230 g/mol. The highest BCUT2D eigenvalue weighted by Gasteiger charge is 2.17. The summed E-state index contributed by atoms with van der Waals surface area (Å²) in [6.45, 7) is 8.74. The van der Waals surface area contributed by atoms with Gasteiger partial charge in [-0.15, -0.1) is 0 Å². The second-order valence-electron chi connectivity index (χ2n) is 6.55. The Hall–Kier alpha value is -0.0400. The Morgan fingerprint density at radius 2 is 1.32 bits per heavy atom. The van der Waals surface area contributed by atoms with Crippen molar-refractivity contribution in [1.82, 2.24) is 4.90 Å². The quantitative estimate of drug-likeness (QED) is 0.438. The molecule has 1 nitrogen and oxygen atoms in total. The smallest absolute Gasteiger partial charge is 0.00161 e. The van der Waals surface area contributed by atoms with Crippen molar-refractivity contribution in [2.45, 2.75) is 90.9 Å². The fourth-order valence-corrected chi connectivity index (χ4v) is 3.28. The van der Waals surface area contributed by atoms with Crippen molar-refractivity contribution in [2.24, 2.45) is 5.92 Å². The topological polar surface area (TPSA) is 3.24 Å². The lowest BCUT2D eigenvalue weighted by Crippen LogP contribution is -2.34. The molecule has 114 valence electrons. The van der Waals surface area contributed by atoms with E-state index in [1.807, 2.05) is 0 Å². The minimum atomic E-state index is 1.05. The molecule has 0 aromatic carbocycles. The fraction of sp³-hybridized carbons (Fsp3) is 1.00. The molecule has 1 aliphatic heterocycles.